The van der Waals surface area contributed by atoms with Crippen molar-refractivity contribution in [3.05, 3.63) is 64.1 Å². The molecule has 0 amide bonds. The van der Waals surface area contributed by atoms with Crippen molar-refractivity contribution in [3.63, 3.8) is 0 Å². The standard InChI is InChI=1S/C20H25BrN2O/c1-2-24-19-10-4-3-9-18(19)20(16-7-5-8-17(21)15-16)23-13-6-11-22-12-14-23/h3-5,7-10,15,20,22H,2,6,11-14H2,1H3. The number of para-hydroxylation sites is 1. The first-order chi connectivity index (χ1) is 11.8. The van der Waals surface area contributed by atoms with Gasteiger partial charge in [0.15, 0.2) is 0 Å². The molecule has 1 aliphatic rings. The molecule has 1 atom stereocenters. The van der Waals surface area contributed by atoms with E-state index >= 15 is 0 Å². The van der Waals surface area contributed by atoms with Crippen molar-refractivity contribution in [2.45, 2.75) is 19.4 Å². The molecular formula is C20H25BrN2O. The van der Waals surface area contributed by atoms with Crippen LogP contribution in [-0.2, 0) is 0 Å². The van der Waals surface area contributed by atoms with Gasteiger partial charge in [0.25, 0.3) is 0 Å². The molecule has 0 saturated carbocycles. The second-order valence-electron chi connectivity index (χ2n) is 6.07. The van der Waals surface area contributed by atoms with E-state index in [-0.39, 0.29) is 6.04 Å². The third-order valence-electron chi connectivity index (χ3n) is 4.42. The third-order valence-corrected chi connectivity index (χ3v) is 4.91. The van der Waals surface area contributed by atoms with Crippen LogP contribution in [0.4, 0.5) is 0 Å². The van der Waals surface area contributed by atoms with Crippen LogP contribution < -0.4 is 10.1 Å². The fourth-order valence-corrected chi connectivity index (χ4v) is 3.80. The molecule has 3 nitrogen and oxygen atoms in total. The van der Waals surface area contributed by atoms with E-state index in [1.54, 1.807) is 0 Å². The lowest BCUT2D eigenvalue weighted by Crippen LogP contribution is -2.33. The summed E-state index contributed by atoms with van der Waals surface area (Å²) in [5.41, 5.74) is 2.55. The van der Waals surface area contributed by atoms with Crippen molar-refractivity contribution in [2.24, 2.45) is 0 Å². The predicted octanol–water partition coefficient (Wildman–Crippen LogP) is 4.23. The average Bonchev–Trinajstić information content (AvgIpc) is 2.86. The highest BCUT2D eigenvalue weighted by Crippen LogP contribution is 2.36. The van der Waals surface area contributed by atoms with E-state index in [9.17, 15) is 0 Å². The lowest BCUT2D eigenvalue weighted by Gasteiger charge is -2.32. The first kappa shape index (κ1) is 17.5. The number of hydrogen-bond acceptors (Lipinski definition) is 3. The summed E-state index contributed by atoms with van der Waals surface area (Å²) in [7, 11) is 0. The number of rotatable bonds is 5. The zero-order valence-corrected chi connectivity index (χ0v) is 15.8. The molecule has 1 heterocycles. The van der Waals surface area contributed by atoms with Crippen molar-refractivity contribution in [1.29, 1.82) is 0 Å². The summed E-state index contributed by atoms with van der Waals surface area (Å²) in [6, 6.07) is 17.3. The highest BCUT2D eigenvalue weighted by molar-refractivity contribution is 9.10. The first-order valence-electron chi connectivity index (χ1n) is 8.71. The van der Waals surface area contributed by atoms with Crippen LogP contribution in [-0.4, -0.2) is 37.7 Å². The molecule has 0 spiro atoms. The Morgan fingerprint density at radius 1 is 1.12 bits per heavy atom. The SMILES string of the molecule is CCOc1ccccc1C(c1cccc(Br)c1)N1CCCNCC1. The molecule has 4 heteroatoms. The van der Waals surface area contributed by atoms with Gasteiger partial charge in [-0.1, -0.05) is 46.3 Å². The van der Waals surface area contributed by atoms with Crippen LogP contribution in [0.1, 0.15) is 30.5 Å². The summed E-state index contributed by atoms with van der Waals surface area (Å²) >= 11 is 3.63. The molecule has 128 valence electrons. The normalized spacial score (nSPS) is 17.2. The van der Waals surface area contributed by atoms with Crippen LogP contribution in [0, 0.1) is 0 Å². The van der Waals surface area contributed by atoms with E-state index in [1.807, 2.05) is 6.92 Å². The van der Waals surface area contributed by atoms with Crippen LogP contribution in [0.15, 0.2) is 53.0 Å². The third kappa shape index (κ3) is 4.18. The highest BCUT2D eigenvalue weighted by Gasteiger charge is 2.25. The predicted molar refractivity (Wildman–Crippen MR) is 103 cm³/mol. The fraction of sp³-hybridized carbons (Fsp3) is 0.400. The van der Waals surface area contributed by atoms with Gasteiger partial charge < -0.3 is 10.1 Å². The Morgan fingerprint density at radius 2 is 2.00 bits per heavy atom. The summed E-state index contributed by atoms with van der Waals surface area (Å²) in [6.45, 7) is 6.98. The summed E-state index contributed by atoms with van der Waals surface area (Å²) in [6.07, 6.45) is 1.17. The van der Waals surface area contributed by atoms with Crippen LogP contribution in [0.2, 0.25) is 0 Å². The first-order valence-corrected chi connectivity index (χ1v) is 9.51. The number of nitrogens with one attached hydrogen (secondary N) is 1. The minimum Gasteiger partial charge on any atom is -0.494 e. The molecule has 2 aromatic carbocycles. The van der Waals surface area contributed by atoms with E-state index in [2.05, 4.69) is 74.7 Å². The Kier molecular flexibility index (Phi) is 6.30. The van der Waals surface area contributed by atoms with E-state index in [0.29, 0.717) is 6.61 Å². The van der Waals surface area contributed by atoms with E-state index in [0.717, 1.165) is 36.4 Å². The number of hydrogen-bond donors (Lipinski definition) is 1. The molecule has 0 radical (unpaired) electrons. The molecule has 0 bridgehead atoms. The second kappa shape index (κ2) is 8.65. The molecule has 1 N–H and O–H groups in total. The monoisotopic (exact) mass is 388 g/mol. The Balaban J connectivity index is 2.04. The van der Waals surface area contributed by atoms with E-state index in [1.165, 1.54) is 17.5 Å². The Bertz CT molecular complexity index is 654. The maximum absolute atomic E-state index is 5.94. The van der Waals surface area contributed by atoms with Crippen molar-refractivity contribution in [3.8, 4) is 5.75 Å². The van der Waals surface area contributed by atoms with Gasteiger partial charge in [-0.05, 0) is 43.7 Å². The summed E-state index contributed by atoms with van der Waals surface area (Å²) in [5, 5.41) is 3.50. The molecule has 1 aliphatic heterocycles. The van der Waals surface area contributed by atoms with Crippen molar-refractivity contribution < 1.29 is 4.74 Å². The zero-order chi connectivity index (χ0) is 16.8. The van der Waals surface area contributed by atoms with Gasteiger partial charge in [-0.25, -0.2) is 0 Å². The maximum Gasteiger partial charge on any atom is 0.124 e. The van der Waals surface area contributed by atoms with Crippen molar-refractivity contribution in [1.82, 2.24) is 10.2 Å². The van der Waals surface area contributed by atoms with Crippen molar-refractivity contribution >= 4 is 15.9 Å². The van der Waals surface area contributed by atoms with Crippen LogP contribution in [0.3, 0.4) is 0 Å². The lowest BCUT2D eigenvalue weighted by molar-refractivity contribution is 0.233. The highest BCUT2D eigenvalue weighted by atomic mass is 79.9. The maximum atomic E-state index is 5.94. The number of halogens is 1. The van der Waals surface area contributed by atoms with Crippen LogP contribution in [0.5, 0.6) is 5.75 Å². The molecule has 1 saturated heterocycles. The van der Waals surface area contributed by atoms with Gasteiger partial charge in [0.1, 0.15) is 5.75 Å². The average molecular weight is 389 g/mol. The minimum absolute atomic E-state index is 0.213. The summed E-state index contributed by atoms with van der Waals surface area (Å²) in [4.78, 5) is 2.57. The molecule has 3 rings (SSSR count). The Labute approximate surface area is 153 Å². The largest absolute Gasteiger partial charge is 0.494 e. The molecule has 1 fully saturated rings. The lowest BCUT2D eigenvalue weighted by atomic mass is 9.96. The van der Waals surface area contributed by atoms with Crippen LogP contribution >= 0.6 is 15.9 Å². The van der Waals surface area contributed by atoms with Crippen molar-refractivity contribution in [2.75, 3.05) is 32.8 Å². The van der Waals surface area contributed by atoms with E-state index in [4.69, 9.17) is 4.74 Å². The van der Waals surface area contributed by atoms with Gasteiger partial charge >= 0.3 is 0 Å². The molecule has 24 heavy (non-hydrogen) atoms. The fourth-order valence-electron chi connectivity index (χ4n) is 3.38. The summed E-state index contributed by atoms with van der Waals surface area (Å²) < 4.78 is 7.06. The van der Waals surface area contributed by atoms with Gasteiger partial charge in [0.05, 0.1) is 12.6 Å². The second-order valence-corrected chi connectivity index (χ2v) is 6.98. The topological polar surface area (TPSA) is 24.5 Å². The molecule has 0 aromatic heterocycles. The van der Waals surface area contributed by atoms with Gasteiger partial charge in [-0.2, -0.15) is 0 Å². The number of ether oxygens (including phenoxy) is 1. The van der Waals surface area contributed by atoms with Gasteiger partial charge in [0, 0.05) is 29.7 Å². The Morgan fingerprint density at radius 3 is 2.83 bits per heavy atom. The smallest absolute Gasteiger partial charge is 0.124 e. The van der Waals surface area contributed by atoms with E-state index < -0.39 is 0 Å². The quantitative estimate of drug-likeness (QED) is 0.828. The summed E-state index contributed by atoms with van der Waals surface area (Å²) in [5.74, 6) is 0.988. The number of benzene rings is 2. The van der Waals surface area contributed by atoms with Gasteiger partial charge in [-0.15, -0.1) is 0 Å². The molecule has 1 unspecified atom stereocenters. The number of nitrogens with zero attached hydrogens (tertiary/aromatic N) is 1. The minimum atomic E-state index is 0.213. The molecule has 0 aliphatic carbocycles. The van der Waals surface area contributed by atoms with Gasteiger partial charge in [0.2, 0.25) is 0 Å². The van der Waals surface area contributed by atoms with Gasteiger partial charge in [-0.3, -0.25) is 4.90 Å². The zero-order valence-electron chi connectivity index (χ0n) is 14.2. The molecule has 2 aromatic rings. The molecular weight excluding hydrogens is 364 g/mol. The van der Waals surface area contributed by atoms with Crippen LogP contribution in [0.25, 0.3) is 0 Å². The Hall–Kier alpha value is -1.36.